The molecule has 1 fully saturated rings. The number of rotatable bonds is 6. The fraction of sp³-hybridized carbons (Fsp3) is 0.533. The molecule has 0 bridgehead atoms. The highest BCUT2D eigenvalue weighted by Gasteiger charge is 2.36. The molecule has 0 unspecified atom stereocenters. The molecule has 2 rings (SSSR count). The van der Waals surface area contributed by atoms with Crippen molar-refractivity contribution in [1.82, 2.24) is 0 Å². The number of nitrogen functional groups attached to an aromatic ring is 1. The fourth-order valence-corrected chi connectivity index (χ4v) is 3.33. The lowest BCUT2D eigenvalue weighted by molar-refractivity contribution is 0.0527. The van der Waals surface area contributed by atoms with Gasteiger partial charge in [0.1, 0.15) is 0 Å². The maximum atomic E-state index is 12.0. The van der Waals surface area contributed by atoms with Crippen molar-refractivity contribution >= 4 is 29.1 Å². The van der Waals surface area contributed by atoms with Crippen molar-refractivity contribution in [1.29, 1.82) is 0 Å². The van der Waals surface area contributed by atoms with E-state index in [2.05, 4.69) is 11.6 Å². The Labute approximate surface area is 124 Å². The van der Waals surface area contributed by atoms with Gasteiger partial charge in [-0.2, -0.15) is 11.8 Å². The van der Waals surface area contributed by atoms with E-state index in [1.165, 1.54) is 19.3 Å². The molecule has 1 aliphatic rings. The van der Waals surface area contributed by atoms with Crippen LogP contribution in [-0.4, -0.2) is 30.1 Å². The first-order valence-corrected chi connectivity index (χ1v) is 8.19. The zero-order valence-electron chi connectivity index (χ0n) is 12.1. The third kappa shape index (κ3) is 3.03. The van der Waals surface area contributed by atoms with Gasteiger partial charge in [-0.25, -0.2) is 4.79 Å². The van der Waals surface area contributed by atoms with Gasteiger partial charge < -0.3 is 15.8 Å². The molecule has 0 saturated heterocycles. The van der Waals surface area contributed by atoms with E-state index in [0.29, 0.717) is 23.5 Å². The van der Waals surface area contributed by atoms with Crippen molar-refractivity contribution < 1.29 is 9.53 Å². The first kappa shape index (κ1) is 15.0. The third-order valence-electron chi connectivity index (χ3n) is 3.88. The monoisotopic (exact) mass is 294 g/mol. The molecular formula is C15H22N2O2S. The van der Waals surface area contributed by atoms with Crippen molar-refractivity contribution in [3.05, 3.63) is 23.8 Å². The molecule has 0 spiro atoms. The fourth-order valence-electron chi connectivity index (χ4n) is 2.42. The van der Waals surface area contributed by atoms with Crippen LogP contribution in [0.3, 0.4) is 0 Å². The van der Waals surface area contributed by atoms with E-state index in [9.17, 15) is 4.79 Å². The van der Waals surface area contributed by atoms with E-state index in [1.807, 2.05) is 11.8 Å². The topological polar surface area (TPSA) is 64.3 Å². The van der Waals surface area contributed by atoms with Crippen molar-refractivity contribution in [3.8, 4) is 0 Å². The maximum Gasteiger partial charge on any atom is 0.340 e. The van der Waals surface area contributed by atoms with E-state index in [4.69, 9.17) is 10.5 Å². The van der Waals surface area contributed by atoms with Crippen LogP contribution in [0.4, 0.5) is 11.4 Å². The quantitative estimate of drug-likeness (QED) is 0.623. The summed E-state index contributed by atoms with van der Waals surface area (Å²) in [6.07, 6.45) is 5.84. The summed E-state index contributed by atoms with van der Waals surface area (Å²) in [5.41, 5.74) is 7.81. The molecule has 1 saturated carbocycles. The number of esters is 1. The second-order valence-corrected chi connectivity index (χ2v) is 6.36. The lowest BCUT2D eigenvalue weighted by Crippen LogP contribution is -2.40. The Kier molecular flexibility index (Phi) is 4.81. The van der Waals surface area contributed by atoms with Gasteiger partial charge >= 0.3 is 5.97 Å². The number of nitrogens with two attached hydrogens (primary N) is 1. The van der Waals surface area contributed by atoms with Crippen LogP contribution in [0.1, 0.15) is 36.5 Å². The summed E-state index contributed by atoms with van der Waals surface area (Å²) in [4.78, 5) is 12.0. The third-order valence-corrected chi connectivity index (χ3v) is 5.30. The average molecular weight is 294 g/mol. The first-order chi connectivity index (χ1) is 9.62. The highest BCUT2D eigenvalue weighted by molar-refractivity contribution is 8.00. The van der Waals surface area contributed by atoms with Crippen LogP contribution in [0.15, 0.2) is 18.2 Å². The number of thioether (sulfide) groups is 1. The predicted octanol–water partition coefficient (Wildman–Crippen LogP) is 3.14. The summed E-state index contributed by atoms with van der Waals surface area (Å²) in [7, 11) is 0. The number of benzene rings is 1. The van der Waals surface area contributed by atoms with Crippen LogP contribution in [0.25, 0.3) is 0 Å². The molecule has 1 aromatic carbocycles. The van der Waals surface area contributed by atoms with Crippen molar-refractivity contribution in [2.75, 3.05) is 30.5 Å². The van der Waals surface area contributed by atoms with Crippen molar-refractivity contribution in [3.63, 3.8) is 0 Å². The zero-order valence-corrected chi connectivity index (χ0v) is 12.9. The Hall–Kier alpha value is -1.36. The normalized spacial score (nSPS) is 16.3. The minimum atomic E-state index is -0.325. The number of para-hydroxylation sites is 1. The standard InChI is InChI=1S/C15H22N2O2S/c1-3-19-14(18)11-6-4-7-12(16)13(11)17-10-15(20-2)8-5-9-15/h4,6-7,17H,3,5,8-10,16H2,1-2H3. The molecule has 0 aromatic heterocycles. The molecule has 1 aliphatic carbocycles. The van der Waals surface area contributed by atoms with Crippen LogP contribution in [-0.2, 0) is 4.74 Å². The molecule has 0 atom stereocenters. The molecule has 0 amide bonds. The minimum Gasteiger partial charge on any atom is -0.462 e. The summed E-state index contributed by atoms with van der Waals surface area (Å²) in [6.45, 7) is 2.99. The Morgan fingerprint density at radius 3 is 2.80 bits per heavy atom. The Morgan fingerprint density at radius 1 is 1.50 bits per heavy atom. The largest absolute Gasteiger partial charge is 0.462 e. The molecule has 5 heteroatoms. The lowest BCUT2D eigenvalue weighted by atomic mass is 9.84. The Bertz CT molecular complexity index is 481. The summed E-state index contributed by atoms with van der Waals surface area (Å²) >= 11 is 1.89. The second kappa shape index (κ2) is 6.39. The van der Waals surface area contributed by atoms with E-state index < -0.39 is 0 Å². The summed E-state index contributed by atoms with van der Waals surface area (Å²) in [5, 5.41) is 3.37. The highest BCUT2D eigenvalue weighted by Crippen LogP contribution is 2.43. The number of hydrogen-bond donors (Lipinski definition) is 2. The second-order valence-electron chi connectivity index (χ2n) is 5.08. The summed E-state index contributed by atoms with van der Waals surface area (Å²) in [5.74, 6) is -0.325. The molecular weight excluding hydrogens is 272 g/mol. The van der Waals surface area contributed by atoms with Gasteiger partial charge in [0.05, 0.1) is 23.5 Å². The first-order valence-electron chi connectivity index (χ1n) is 6.96. The number of carbonyl (C=O) groups is 1. The number of carbonyl (C=O) groups excluding carboxylic acids is 1. The molecule has 0 radical (unpaired) electrons. The number of nitrogens with one attached hydrogen (secondary N) is 1. The van der Waals surface area contributed by atoms with Gasteiger partial charge in [0, 0.05) is 11.3 Å². The van der Waals surface area contributed by atoms with Crippen molar-refractivity contribution in [2.24, 2.45) is 0 Å². The van der Waals surface area contributed by atoms with Crippen LogP contribution < -0.4 is 11.1 Å². The van der Waals surface area contributed by atoms with Gasteiger partial charge in [-0.1, -0.05) is 12.5 Å². The number of hydrogen-bond acceptors (Lipinski definition) is 5. The van der Waals surface area contributed by atoms with Gasteiger partial charge in [0.2, 0.25) is 0 Å². The van der Waals surface area contributed by atoms with Crippen LogP contribution >= 0.6 is 11.8 Å². The molecule has 3 N–H and O–H groups in total. The van der Waals surface area contributed by atoms with Crippen molar-refractivity contribution in [2.45, 2.75) is 30.9 Å². The van der Waals surface area contributed by atoms with Gasteiger partial charge in [0.15, 0.2) is 0 Å². The van der Waals surface area contributed by atoms with Gasteiger partial charge in [-0.05, 0) is 38.2 Å². The summed E-state index contributed by atoms with van der Waals surface area (Å²) in [6, 6.07) is 5.33. The van der Waals surface area contributed by atoms with E-state index >= 15 is 0 Å². The molecule has 0 heterocycles. The average Bonchev–Trinajstić information content (AvgIpc) is 2.39. The molecule has 1 aromatic rings. The molecule has 110 valence electrons. The molecule has 4 nitrogen and oxygen atoms in total. The zero-order chi connectivity index (χ0) is 14.6. The van der Waals surface area contributed by atoms with E-state index in [-0.39, 0.29) is 10.7 Å². The Morgan fingerprint density at radius 2 is 2.25 bits per heavy atom. The van der Waals surface area contributed by atoms with Crippen LogP contribution in [0.5, 0.6) is 0 Å². The molecule has 0 aliphatic heterocycles. The van der Waals surface area contributed by atoms with Gasteiger partial charge in [0.25, 0.3) is 0 Å². The SMILES string of the molecule is CCOC(=O)c1cccc(N)c1NCC1(SC)CCC1. The van der Waals surface area contributed by atoms with Crippen LogP contribution in [0, 0.1) is 0 Å². The Balaban J connectivity index is 2.15. The van der Waals surface area contributed by atoms with Crippen LogP contribution in [0.2, 0.25) is 0 Å². The highest BCUT2D eigenvalue weighted by atomic mass is 32.2. The van der Waals surface area contributed by atoms with Gasteiger partial charge in [-0.3, -0.25) is 0 Å². The smallest absolute Gasteiger partial charge is 0.340 e. The maximum absolute atomic E-state index is 12.0. The number of anilines is 2. The summed E-state index contributed by atoms with van der Waals surface area (Å²) < 4.78 is 5.37. The van der Waals surface area contributed by atoms with E-state index in [0.717, 1.165) is 6.54 Å². The minimum absolute atomic E-state index is 0.286. The van der Waals surface area contributed by atoms with Gasteiger partial charge in [-0.15, -0.1) is 0 Å². The van der Waals surface area contributed by atoms with E-state index in [1.54, 1.807) is 25.1 Å². The molecule has 20 heavy (non-hydrogen) atoms. The predicted molar refractivity (Wildman–Crippen MR) is 85.4 cm³/mol. The lowest BCUT2D eigenvalue weighted by Gasteiger charge is -2.41. The number of ether oxygens (including phenoxy) is 1.